The second-order valence-corrected chi connectivity index (χ2v) is 4.59. The summed E-state index contributed by atoms with van der Waals surface area (Å²) in [4.78, 5) is 24.7. The van der Waals surface area contributed by atoms with Gasteiger partial charge >= 0.3 is 0 Å². The standard InChI is InChI=1S/C12H23N3O2/c1-10(16)14-11-5-4-8-15(9-11)12(17)6-3-7-13-2/h11,13H,3-9H2,1-2H3,(H,14,16). The molecule has 2 amide bonds. The molecule has 1 aliphatic heterocycles. The molecule has 1 heterocycles. The average Bonchev–Trinajstić information content (AvgIpc) is 2.28. The van der Waals surface area contributed by atoms with Crippen molar-refractivity contribution < 1.29 is 9.59 Å². The van der Waals surface area contributed by atoms with E-state index in [2.05, 4.69) is 10.6 Å². The molecule has 5 heteroatoms. The second-order valence-electron chi connectivity index (χ2n) is 4.59. The van der Waals surface area contributed by atoms with Crippen molar-refractivity contribution in [3.8, 4) is 0 Å². The molecule has 17 heavy (non-hydrogen) atoms. The van der Waals surface area contributed by atoms with Crippen LogP contribution in [0.1, 0.15) is 32.6 Å². The lowest BCUT2D eigenvalue weighted by atomic mass is 10.1. The number of likely N-dealkylation sites (tertiary alicyclic amines) is 1. The summed E-state index contributed by atoms with van der Waals surface area (Å²) < 4.78 is 0. The van der Waals surface area contributed by atoms with Gasteiger partial charge in [0.05, 0.1) is 0 Å². The largest absolute Gasteiger partial charge is 0.352 e. The fourth-order valence-electron chi connectivity index (χ4n) is 2.18. The van der Waals surface area contributed by atoms with E-state index < -0.39 is 0 Å². The summed E-state index contributed by atoms with van der Waals surface area (Å²) in [5.41, 5.74) is 0. The Morgan fingerprint density at radius 2 is 2.18 bits per heavy atom. The molecule has 0 bridgehead atoms. The van der Waals surface area contributed by atoms with Crippen LogP contribution in [0.3, 0.4) is 0 Å². The van der Waals surface area contributed by atoms with Crippen molar-refractivity contribution in [3.63, 3.8) is 0 Å². The van der Waals surface area contributed by atoms with Gasteiger partial charge in [0.2, 0.25) is 11.8 Å². The maximum Gasteiger partial charge on any atom is 0.222 e. The third-order valence-corrected chi connectivity index (χ3v) is 3.00. The Bertz CT molecular complexity index is 268. The predicted molar refractivity (Wildman–Crippen MR) is 66.6 cm³/mol. The normalized spacial score (nSPS) is 20.1. The molecular weight excluding hydrogens is 218 g/mol. The average molecular weight is 241 g/mol. The van der Waals surface area contributed by atoms with E-state index in [1.165, 1.54) is 6.92 Å². The first kappa shape index (κ1) is 14.0. The summed E-state index contributed by atoms with van der Waals surface area (Å²) in [7, 11) is 1.89. The number of hydrogen-bond acceptors (Lipinski definition) is 3. The highest BCUT2D eigenvalue weighted by atomic mass is 16.2. The minimum absolute atomic E-state index is 0.0144. The molecule has 5 nitrogen and oxygen atoms in total. The SMILES string of the molecule is CNCCCC(=O)N1CCCC(NC(C)=O)C1. The van der Waals surface area contributed by atoms with Crippen molar-refractivity contribution in [3.05, 3.63) is 0 Å². The number of hydrogen-bond donors (Lipinski definition) is 2. The molecule has 0 saturated carbocycles. The second kappa shape index (κ2) is 7.27. The summed E-state index contributed by atoms with van der Waals surface area (Å²) in [6.07, 6.45) is 3.41. The van der Waals surface area contributed by atoms with E-state index in [9.17, 15) is 9.59 Å². The lowest BCUT2D eigenvalue weighted by Crippen LogP contribution is -2.49. The highest BCUT2D eigenvalue weighted by molar-refractivity contribution is 5.77. The number of amides is 2. The summed E-state index contributed by atoms with van der Waals surface area (Å²) in [5, 5.41) is 5.92. The monoisotopic (exact) mass is 241 g/mol. The summed E-state index contributed by atoms with van der Waals surface area (Å²) in [6, 6.07) is 0.134. The lowest BCUT2D eigenvalue weighted by molar-refractivity contribution is -0.133. The van der Waals surface area contributed by atoms with Crippen LogP contribution in [0.25, 0.3) is 0 Å². The Balaban J connectivity index is 2.32. The van der Waals surface area contributed by atoms with Gasteiger partial charge in [0.1, 0.15) is 0 Å². The van der Waals surface area contributed by atoms with E-state index in [0.717, 1.165) is 32.4 Å². The van der Waals surface area contributed by atoms with Crippen molar-refractivity contribution in [1.82, 2.24) is 15.5 Å². The van der Waals surface area contributed by atoms with Crippen LogP contribution >= 0.6 is 0 Å². The molecule has 0 spiro atoms. The van der Waals surface area contributed by atoms with E-state index in [1.54, 1.807) is 0 Å². The Hall–Kier alpha value is -1.10. The lowest BCUT2D eigenvalue weighted by Gasteiger charge is -2.33. The van der Waals surface area contributed by atoms with Crippen molar-refractivity contribution in [2.45, 2.75) is 38.6 Å². The number of rotatable bonds is 5. The molecule has 1 saturated heterocycles. The van der Waals surface area contributed by atoms with Crippen LogP contribution in [0, 0.1) is 0 Å². The summed E-state index contributed by atoms with van der Waals surface area (Å²) in [6.45, 7) is 3.88. The highest BCUT2D eigenvalue weighted by Crippen LogP contribution is 2.11. The van der Waals surface area contributed by atoms with E-state index in [-0.39, 0.29) is 17.9 Å². The van der Waals surface area contributed by atoms with Gasteiger partial charge in [-0.1, -0.05) is 0 Å². The van der Waals surface area contributed by atoms with Gasteiger partial charge in [0.25, 0.3) is 0 Å². The minimum Gasteiger partial charge on any atom is -0.352 e. The molecule has 98 valence electrons. The van der Waals surface area contributed by atoms with E-state index in [0.29, 0.717) is 13.0 Å². The quantitative estimate of drug-likeness (QED) is 0.672. The third-order valence-electron chi connectivity index (χ3n) is 3.00. The van der Waals surface area contributed by atoms with E-state index in [1.807, 2.05) is 11.9 Å². The number of carbonyl (C=O) groups is 2. The van der Waals surface area contributed by atoms with Gasteiger partial charge in [-0.3, -0.25) is 9.59 Å². The maximum absolute atomic E-state index is 11.9. The number of carbonyl (C=O) groups excluding carboxylic acids is 2. The molecule has 0 radical (unpaired) electrons. The summed E-state index contributed by atoms with van der Waals surface area (Å²) >= 11 is 0. The zero-order valence-corrected chi connectivity index (χ0v) is 10.8. The maximum atomic E-state index is 11.9. The molecule has 0 aromatic carbocycles. The van der Waals surface area contributed by atoms with Gasteiger partial charge in [-0.15, -0.1) is 0 Å². The predicted octanol–water partition coefficient (Wildman–Crippen LogP) is 0.113. The first-order valence-corrected chi connectivity index (χ1v) is 6.33. The third kappa shape index (κ3) is 5.17. The van der Waals surface area contributed by atoms with Crippen LogP contribution < -0.4 is 10.6 Å². The van der Waals surface area contributed by atoms with Crippen LogP contribution in [-0.2, 0) is 9.59 Å². The first-order valence-electron chi connectivity index (χ1n) is 6.33. The molecule has 1 aliphatic rings. The van der Waals surface area contributed by atoms with Crippen molar-refractivity contribution in [1.29, 1.82) is 0 Å². The van der Waals surface area contributed by atoms with Crippen LogP contribution in [0.5, 0.6) is 0 Å². The van der Waals surface area contributed by atoms with Crippen LogP contribution in [0.2, 0.25) is 0 Å². The molecule has 1 atom stereocenters. The Kier molecular flexibility index (Phi) is 5.97. The molecule has 1 fully saturated rings. The fourth-order valence-corrected chi connectivity index (χ4v) is 2.18. The molecule has 0 aromatic heterocycles. The Morgan fingerprint density at radius 3 is 2.82 bits per heavy atom. The van der Waals surface area contributed by atoms with Crippen LogP contribution in [0.15, 0.2) is 0 Å². The zero-order valence-electron chi connectivity index (χ0n) is 10.8. The van der Waals surface area contributed by atoms with Crippen molar-refractivity contribution in [2.75, 3.05) is 26.7 Å². The van der Waals surface area contributed by atoms with E-state index in [4.69, 9.17) is 0 Å². The smallest absolute Gasteiger partial charge is 0.222 e. The van der Waals surface area contributed by atoms with Gasteiger partial charge in [-0.2, -0.15) is 0 Å². The topological polar surface area (TPSA) is 61.4 Å². The van der Waals surface area contributed by atoms with Crippen LogP contribution in [-0.4, -0.2) is 49.4 Å². The van der Waals surface area contributed by atoms with Crippen LogP contribution in [0.4, 0.5) is 0 Å². The number of nitrogens with zero attached hydrogens (tertiary/aromatic N) is 1. The minimum atomic E-state index is -0.0144. The number of piperidine rings is 1. The molecule has 1 rings (SSSR count). The van der Waals surface area contributed by atoms with Gasteiger partial charge in [-0.25, -0.2) is 0 Å². The van der Waals surface area contributed by atoms with Crippen molar-refractivity contribution >= 4 is 11.8 Å². The first-order chi connectivity index (χ1) is 8.13. The molecule has 0 aliphatic carbocycles. The molecular formula is C12H23N3O2. The molecule has 2 N–H and O–H groups in total. The van der Waals surface area contributed by atoms with Gasteiger partial charge in [0.15, 0.2) is 0 Å². The molecule has 1 unspecified atom stereocenters. The zero-order chi connectivity index (χ0) is 12.7. The van der Waals surface area contributed by atoms with Gasteiger partial charge < -0.3 is 15.5 Å². The summed E-state index contributed by atoms with van der Waals surface area (Å²) in [5.74, 6) is 0.190. The van der Waals surface area contributed by atoms with E-state index >= 15 is 0 Å². The van der Waals surface area contributed by atoms with Crippen molar-refractivity contribution in [2.24, 2.45) is 0 Å². The fraction of sp³-hybridized carbons (Fsp3) is 0.833. The Labute approximate surface area is 103 Å². The van der Waals surface area contributed by atoms with Gasteiger partial charge in [0, 0.05) is 32.5 Å². The number of nitrogens with one attached hydrogen (secondary N) is 2. The van der Waals surface area contributed by atoms with Gasteiger partial charge in [-0.05, 0) is 32.9 Å². The Morgan fingerprint density at radius 1 is 1.41 bits per heavy atom. The molecule has 0 aromatic rings. The highest BCUT2D eigenvalue weighted by Gasteiger charge is 2.23.